The Balaban J connectivity index is 1.21. The van der Waals surface area contributed by atoms with Crippen LogP contribution in [0.2, 0.25) is 0 Å². The standard InChI is InChI=1S/C53H34N2/c1-3-18-35(19-4-1)37-22-7-9-26-41(37)49-34-50(55-52(54-49)42-27-10-8-23-38(42)36-20-5-2-6-21-36)44-29-17-33-48-51(44)43-28-13-16-32-47(43)53(48)45-30-14-11-24-39(45)40-25-12-15-31-46(40)53/h1-34H. The van der Waals surface area contributed by atoms with Crippen LogP contribution in [0.3, 0.4) is 0 Å². The fraction of sp³-hybridized carbons (Fsp3) is 0.0189. The summed E-state index contributed by atoms with van der Waals surface area (Å²) in [6.45, 7) is 0. The predicted molar refractivity (Wildman–Crippen MR) is 226 cm³/mol. The van der Waals surface area contributed by atoms with Gasteiger partial charge in [-0.1, -0.05) is 200 Å². The summed E-state index contributed by atoms with van der Waals surface area (Å²) >= 11 is 0. The van der Waals surface area contributed by atoms with E-state index >= 15 is 0 Å². The maximum atomic E-state index is 5.53. The summed E-state index contributed by atoms with van der Waals surface area (Å²) in [6, 6.07) is 74.2. The van der Waals surface area contributed by atoms with E-state index in [2.05, 4.69) is 206 Å². The summed E-state index contributed by atoms with van der Waals surface area (Å²) in [4.78, 5) is 11.0. The van der Waals surface area contributed by atoms with E-state index in [1.54, 1.807) is 0 Å². The average Bonchev–Trinajstić information content (AvgIpc) is 3.74. The molecule has 0 aliphatic heterocycles. The highest BCUT2D eigenvalue weighted by atomic mass is 14.9. The van der Waals surface area contributed by atoms with E-state index in [1.807, 2.05) is 0 Å². The van der Waals surface area contributed by atoms with E-state index in [-0.39, 0.29) is 0 Å². The molecule has 2 aliphatic carbocycles. The number of aromatic nitrogens is 2. The van der Waals surface area contributed by atoms with Gasteiger partial charge in [0.05, 0.1) is 16.8 Å². The first-order valence-electron chi connectivity index (χ1n) is 18.9. The van der Waals surface area contributed by atoms with Crippen molar-refractivity contribution < 1.29 is 0 Å². The van der Waals surface area contributed by atoms with E-state index < -0.39 is 5.41 Å². The molecule has 0 atom stereocenters. The lowest BCUT2D eigenvalue weighted by Crippen LogP contribution is -2.25. The molecular weight excluding hydrogens is 665 g/mol. The van der Waals surface area contributed by atoms with Gasteiger partial charge in [0.2, 0.25) is 0 Å². The fourth-order valence-electron chi connectivity index (χ4n) is 9.32. The van der Waals surface area contributed by atoms with E-state index in [9.17, 15) is 0 Å². The van der Waals surface area contributed by atoms with Gasteiger partial charge in [0.15, 0.2) is 5.82 Å². The Hall–Kier alpha value is -7.16. The van der Waals surface area contributed by atoms with Gasteiger partial charge in [-0.15, -0.1) is 0 Å². The zero-order chi connectivity index (χ0) is 36.3. The maximum Gasteiger partial charge on any atom is 0.161 e. The van der Waals surface area contributed by atoms with Crippen LogP contribution in [0, 0.1) is 0 Å². The quantitative estimate of drug-likeness (QED) is 0.179. The van der Waals surface area contributed by atoms with Crippen molar-refractivity contribution in [3.8, 4) is 78.4 Å². The monoisotopic (exact) mass is 698 g/mol. The lowest BCUT2D eigenvalue weighted by molar-refractivity contribution is 0.794. The molecule has 0 bridgehead atoms. The molecule has 2 aliphatic rings. The highest BCUT2D eigenvalue weighted by Gasteiger charge is 2.52. The van der Waals surface area contributed by atoms with Crippen molar-refractivity contribution in [1.29, 1.82) is 0 Å². The van der Waals surface area contributed by atoms with E-state index in [4.69, 9.17) is 9.97 Å². The topological polar surface area (TPSA) is 25.8 Å². The first-order chi connectivity index (χ1) is 27.3. The van der Waals surface area contributed by atoms with Gasteiger partial charge < -0.3 is 0 Å². The number of fused-ring (bicyclic) bond motifs is 10. The fourth-order valence-corrected chi connectivity index (χ4v) is 9.32. The Bertz CT molecular complexity index is 2780. The van der Waals surface area contributed by atoms with Crippen LogP contribution >= 0.6 is 0 Å². The van der Waals surface area contributed by atoms with E-state index in [0.717, 1.165) is 50.3 Å². The molecule has 55 heavy (non-hydrogen) atoms. The van der Waals surface area contributed by atoms with Gasteiger partial charge in [-0.25, -0.2) is 9.97 Å². The molecule has 2 nitrogen and oxygen atoms in total. The van der Waals surface area contributed by atoms with Crippen molar-refractivity contribution in [3.63, 3.8) is 0 Å². The SMILES string of the molecule is c1ccc(-c2ccccc2-c2cc(-c3cccc4c3-c3ccccc3C43c4ccccc4-c4ccccc43)nc(-c3ccccc3-c3ccccc3)n2)cc1. The molecule has 11 rings (SSSR count). The minimum absolute atomic E-state index is 0.437. The van der Waals surface area contributed by atoms with Gasteiger partial charge in [-0.2, -0.15) is 0 Å². The number of hydrogen-bond acceptors (Lipinski definition) is 2. The Morgan fingerprint density at radius 1 is 0.273 bits per heavy atom. The lowest BCUT2D eigenvalue weighted by Gasteiger charge is -2.30. The van der Waals surface area contributed by atoms with Crippen molar-refractivity contribution >= 4 is 0 Å². The Labute approximate surface area is 321 Å². The summed E-state index contributed by atoms with van der Waals surface area (Å²) in [7, 11) is 0. The van der Waals surface area contributed by atoms with Crippen molar-refractivity contribution in [1.82, 2.24) is 9.97 Å². The van der Waals surface area contributed by atoms with E-state index in [0.29, 0.717) is 5.82 Å². The van der Waals surface area contributed by atoms with Gasteiger partial charge >= 0.3 is 0 Å². The number of nitrogens with zero attached hydrogens (tertiary/aromatic N) is 2. The molecule has 256 valence electrons. The minimum atomic E-state index is -0.437. The first kappa shape index (κ1) is 31.4. The molecule has 2 heteroatoms. The Morgan fingerprint density at radius 3 is 1.24 bits per heavy atom. The lowest BCUT2D eigenvalue weighted by atomic mass is 9.70. The average molecular weight is 699 g/mol. The van der Waals surface area contributed by atoms with Crippen molar-refractivity contribution in [2.24, 2.45) is 0 Å². The maximum absolute atomic E-state index is 5.53. The molecule has 0 amide bonds. The van der Waals surface area contributed by atoms with Crippen molar-refractivity contribution in [2.45, 2.75) is 5.41 Å². The third-order valence-electron chi connectivity index (χ3n) is 11.6. The molecule has 0 fully saturated rings. The van der Waals surface area contributed by atoms with Crippen LogP contribution in [-0.4, -0.2) is 9.97 Å². The molecule has 1 heterocycles. The Morgan fingerprint density at radius 2 is 0.655 bits per heavy atom. The largest absolute Gasteiger partial charge is 0.228 e. The van der Waals surface area contributed by atoms with Crippen LogP contribution < -0.4 is 0 Å². The van der Waals surface area contributed by atoms with Gasteiger partial charge in [-0.3, -0.25) is 0 Å². The highest BCUT2D eigenvalue weighted by molar-refractivity contribution is 6.00. The molecule has 1 aromatic heterocycles. The second-order valence-corrected chi connectivity index (χ2v) is 14.4. The molecule has 0 N–H and O–H groups in total. The summed E-state index contributed by atoms with van der Waals surface area (Å²) in [5, 5.41) is 0. The van der Waals surface area contributed by atoms with Gasteiger partial charge in [-0.05, 0) is 72.8 Å². The molecule has 0 saturated heterocycles. The molecule has 1 spiro atoms. The van der Waals surface area contributed by atoms with E-state index in [1.165, 1.54) is 44.5 Å². The van der Waals surface area contributed by atoms with Crippen LogP contribution in [0.1, 0.15) is 22.3 Å². The third kappa shape index (κ3) is 4.68. The number of rotatable bonds is 5. The molecule has 9 aromatic rings. The molecular formula is C53H34N2. The smallest absolute Gasteiger partial charge is 0.161 e. The van der Waals surface area contributed by atoms with Crippen LogP contribution in [0.15, 0.2) is 206 Å². The summed E-state index contributed by atoms with van der Waals surface area (Å²) in [5.41, 5.74) is 19.4. The summed E-state index contributed by atoms with van der Waals surface area (Å²) in [5.74, 6) is 0.699. The second kappa shape index (κ2) is 12.5. The molecule has 0 saturated carbocycles. The van der Waals surface area contributed by atoms with Crippen LogP contribution in [0.4, 0.5) is 0 Å². The third-order valence-corrected chi connectivity index (χ3v) is 11.6. The zero-order valence-corrected chi connectivity index (χ0v) is 30.0. The van der Waals surface area contributed by atoms with Crippen molar-refractivity contribution in [3.05, 3.63) is 229 Å². The molecule has 0 radical (unpaired) electrons. The number of hydrogen-bond donors (Lipinski definition) is 0. The number of benzene rings is 8. The first-order valence-corrected chi connectivity index (χ1v) is 18.9. The minimum Gasteiger partial charge on any atom is -0.228 e. The molecule has 0 unspecified atom stereocenters. The van der Waals surface area contributed by atoms with Crippen LogP contribution in [0.5, 0.6) is 0 Å². The van der Waals surface area contributed by atoms with Crippen molar-refractivity contribution in [2.75, 3.05) is 0 Å². The summed E-state index contributed by atoms with van der Waals surface area (Å²) in [6.07, 6.45) is 0. The molecule has 8 aromatic carbocycles. The summed E-state index contributed by atoms with van der Waals surface area (Å²) < 4.78 is 0. The van der Waals surface area contributed by atoms with Gasteiger partial charge in [0.25, 0.3) is 0 Å². The highest BCUT2D eigenvalue weighted by Crippen LogP contribution is 2.63. The predicted octanol–water partition coefficient (Wildman–Crippen LogP) is 13.2. The van der Waals surface area contributed by atoms with Gasteiger partial charge in [0, 0.05) is 16.7 Å². The Kier molecular flexibility index (Phi) is 7.11. The van der Waals surface area contributed by atoms with Gasteiger partial charge in [0.1, 0.15) is 0 Å². The zero-order valence-electron chi connectivity index (χ0n) is 30.0. The normalized spacial score (nSPS) is 12.9. The van der Waals surface area contributed by atoms with Crippen LogP contribution in [0.25, 0.3) is 78.4 Å². The van der Waals surface area contributed by atoms with Crippen LogP contribution in [-0.2, 0) is 5.41 Å². The second-order valence-electron chi connectivity index (χ2n) is 14.4.